The van der Waals surface area contributed by atoms with Gasteiger partial charge in [0, 0.05) is 19.0 Å². The van der Waals surface area contributed by atoms with Gasteiger partial charge in [-0.3, -0.25) is 4.79 Å². The fourth-order valence-corrected chi connectivity index (χ4v) is 3.19. The minimum absolute atomic E-state index is 0.184. The van der Waals surface area contributed by atoms with E-state index in [9.17, 15) is 4.79 Å². The zero-order chi connectivity index (χ0) is 12.4. The molecule has 0 bridgehead atoms. The molecule has 2 aromatic rings. The lowest BCUT2D eigenvalue weighted by Crippen LogP contribution is -2.27. The molecule has 2 heterocycles. The summed E-state index contributed by atoms with van der Waals surface area (Å²) in [6, 6.07) is 14.3. The van der Waals surface area contributed by atoms with Crippen molar-refractivity contribution in [3.8, 4) is 0 Å². The van der Waals surface area contributed by atoms with E-state index in [1.54, 1.807) is 0 Å². The fraction of sp³-hybridized carbons (Fsp3) is 0.267. The van der Waals surface area contributed by atoms with Crippen molar-refractivity contribution in [2.24, 2.45) is 0 Å². The highest BCUT2D eigenvalue weighted by Crippen LogP contribution is 2.28. The molecule has 1 amide bonds. The maximum Gasteiger partial charge on any atom is 0.263 e. The molecule has 1 aliphatic heterocycles. The van der Waals surface area contributed by atoms with E-state index < -0.39 is 0 Å². The number of amides is 1. The Morgan fingerprint density at radius 3 is 2.72 bits per heavy atom. The van der Waals surface area contributed by atoms with Gasteiger partial charge in [0.15, 0.2) is 0 Å². The van der Waals surface area contributed by atoms with Crippen molar-refractivity contribution in [1.82, 2.24) is 4.90 Å². The summed E-state index contributed by atoms with van der Waals surface area (Å²) in [5.41, 5.74) is 1.35. The maximum absolute atomic E-state index is 12.2. The van der Waals surface area contributed by atoms with Gasteiger partial charge in [0.1, 0.15) is 0 Å². The molecule has 0 saturated carbocycles. The molecule has 1 atom stereocenters. The van der Waals surface area contributed by atoms with Crippen LogP contribution in [0.4, 0.5) is 0 Å². The molecule has 1 aromatic carbocycles. The summed E-state index contributed by atoms with van der Waals surface area (Å²) in [4.78, 5) is 15.0. The third kappa shape index (κ3) is 2.18. The predicted octanol–water partition coefficient (Wildman–Crippen LogP) is 3.38. The van der Waals surface area contributed by atoms with E-state index in [-0.39, 0.29) is 5.91 Å². The Morgan fingerprint density at radius 1 is 1.17 bits per heavy atom. The number of carbonyl (C=O) groups is 1. The highest BCUT2D eigenvalue weighted by Gasteiger charge is 2.28. The fourth-order valence-electron chi connectivity index (χ4n) is 2.50. The van der Waals surface area contributed by atoms with E-state index in [0.29, 0.717) is 5.92 Å². The topological polar surface area (TPSA) is 20.3 Å². The van der Waals surface area contributed by atoms with Crippen LogP contribution in [0, 0.1) is 0 Å². The third-order valence-electron chi connectivity index (χ3n) is 3.48. The highest BCUT2D eigenvalue weighted by molar-refractivity contribution is 7.12. The van der Waals surface area contributed by atoms with Gasteiger partial charge in [-0.1, -0.05) is 36.4 Å². The van der Waals surface area contributed by atoms with Crippen LogP contribution in [0.15, 0.2) is 47.8 Å². The normalized spacial score (nSPS) is 19.1. The molecule has 1 aromatic heterocycles. The van der Waals surface area contributed by atoms with Crippen LogP contribution in [0.3, 0.4) is 0 Å². The van der Waals surface area contributed by atoms with Crippen molar-refractivity contribution in [2.75, 3.05) is 13.1 Å². The summed E-state index contributed by atoms with van der Waals surface area (Å²) in [6.07, 6.45) is 1.07. The summed E-state index contributed by atoms with van der Waals surface area (Å²) in [7, 11) is 0. The summed E-state index contributed by atoms with van der Waals surface area (Å²) in [5, 5.41) is 1.96. The highest BCUT2D eigenvalue weighted by atomic mass is 32.1. The molecule has 3 heteroatoms. The minimum atomic E-state index is 0.184. The Bertz CT molecular complexity index is 521. The van der Waals surface area contributed by atoms with E-state index in [2.05, 4.69) is 24.3 Å². The number of hydrogen-bond donors (Lipinski definition) is 0. The zero-order valence-corrected chi connectivity index (χ0v) is 10.9. The SMILES string of the molecule is O=C(c1cccs1)N1CC[C@@H](c2ccccc2)C1. The quantitative estimate of drug-likeness (QED) is 0.807. The Labute approximate surface area is 111 Å². The van der Waals surface area contributed by atoms with Crippen LogP contribution in [0.2, 0.25) is 0 Å². The van der Waals surface area contributed by atoms with Crippen LogP contribution in [0.5, 0.6) is 0 Å². The second kappa shape index (κ2) is 4.94. The van der Waals surface area contributed by atoms with E-state index in [1.165, 1.54) is 16.9 Å². The molecule has 18 heavy (non-hydrogen) atoms. The number of hydrogen-bond acceptors (Lipinski definition) is 2. The summed E-state index contributed by atoms with van der Waals surface area (Å²) in [6.45, 7) is 1.72. The van der Waals surface area contributed by atoms with Crippen molar-refractivity contribution in [3.63, 3.8) is 0 Å². The Kier molecular flexibility index (Phi) is 3.15. The largest absolute Gasteiger partial charge is 0.337 e. The van der Waals surface area contributed by atoms with Crippen molar-refractivity contribution in [2.45, 2.75) is 12.3 Å². The zero-order valence-electron chi connectivity index (χ0n) is 10.1. The van der Waals surface area contributed by atoms with Crippen molar-refractivity contribution < 1.29 is 4.79 Å². The van der Waals surface area contributed by atoms with Crippen molar-refractivity contribution in [1.29, 1.82) is 0 Å². The molecule has 0 radical (unpaired) electrons. The molecule has 1 aliphatic rings. The second-order valence-electron chi connectivity index (χ2n) is 4.62. The molecule has 92 valence electrons. The summed E-state index contributed by atoms with van der Waals surface area (Å²) >= 11 is 1.52. The van der Waals surface area contributed by atoms with Gasteiger partial charge in [-0.15, -0.1) is 11.3 Å². The first-order valence-electron chi connectivity index (χ1n) is 6.22. The van der Waals surface area contributed by atoms with Crippen LogP contribution in [-0.2, 0) is 0 Å². The van der Waals surface area contributed by atoms with Gasteiger partial charge in [0.05, 0.1) is 4.88 Å². The Morgan fingerprint density at radius 2 is 2.00 bits per heavy atom. The molecule has 0 unspecified atom stereocenters. The molecule has 0 N–H and O–H groups in total. The van der Waals surface area contributed by atoms with Gasteiger partial charge in [-0.05, 0) is 23.4 Å². The average Bonchev–Trinajstić information content (AvgIpc) is 3.10. The minimum Gasteiger partial charge on any atom is -0.337 e. The number of nitrogens with zero attached hydrogens (tertiary/aromatic N) is 1. The number of likely N-dealkylation sites (tertiary alicyclic amines) is 1. The number of rotatable bonds is 2. The Balaban J connectivity index is 1.71. The molecular formula is C15H15NOS. The number of thiophene rings is 1. The van der Waals surface area contributed by atoms with Crippen LogP contribution in [0.25, 0.3) is 0 Å². The first-order valence-corrected chi connectivity index (χ1v) is 7.10. The first-order chi connectivity index (χ1) is 8.84. The number of carbonyl (C=O) groups excluding carboxylic acids is 1. The van der Waals surface area contributed by atoms with Crippen molar-refractivity contribution >= 4 is 17.2 Å². The number of benzene rings is 1. The maximum atomic E-state index is 12.2. The molecule has 3 rings (SSSR count). The lowest BCUT2D eigenvalue weighted by atomic mass is 9.99. The predicted molar refractivity (Wildman–Crippen MR) is 74.0 cm³/mol. The molecule has 2 nitrogen and oxygen atoms in total. The van der Waals surface area contributed by atoms with Crippen LogP contribution >= 0.6 is 11.3 Å². The molecule has 1 fully saturated rings. The molecular weight excluding hydrogens is 242 g/mol. The molecule has 1 saturated heterocycles. The van der Waals surface area contributed by atoms with Crippen LogP contribution < -0.4 is 0 Å². The van der Waals surface area contributed by atoms with Gasteiger partial charge in [-0.2, -0.15) is 0 Å². The molecule has 0 aliphatic carbocycles. The third-order valence-corrected chi connectivity index (χ3v) is 4.34. The van der Waals surface area contributed by atoms with Gasteiger partial charge in [0.2, 0.25) is 0 Å². The summed E-state index contributed by atoms with van der Waals surface area (Å²) in [5.74, 6) is 0.679. The Hall–Kier alpha value is -1.61. The van der Waals surface area contributed by atoms with Crippen LogP contribution in [-0.4, -0.2) is 23.9 Å². The van der Waals surface area contributed by atoms with E-state index >= 15 is 0 Å². The average molecular weight is 257 g/mol. The lowest BCUT2D eigenvalue weighted by Gasteiger charge is -2.15. The lowest BCUT2D eigenvalue weighted by molar-refractivity contribution is 0.0795. The molecule has 0 spiro atoms. The van der Waals surface area contributed by atoms with Gasteiger partial charge in [0.25, 0.3) is 5.91 Å². The summed E-state index contributed by atoms with van der Waals surface area (Å²) < 4.78 is 0. The smallest absolute Gasteiger partial charge is 0.263 e. The monoisotopic (exact) mass is 257 g/mol. The standard InChI is InChI=1S/C15H15NOS/c17-15(14-7-4-10-18-14)16-9-8-13(11-16)12-5-2-1-3-6-12/h1-7,10,13H,8-9,11H2/t13-/m1/s1. The van der Waals surface area contributed by atoms with Crippen molar-refractivity contribution in [3.05, 3.63) is 58.3 Å². The van der Waals surface area contributed by atoms with Gasteiger partial charge >= 0.3 is 0 Å². The second-order valence-corrected chi connectivity index (χ2v) is 5.57. The van der Waals surface area contributed by atoms with E-state index in [4.69, 9.17) is 0 Å². The van der Waals surface area contributed by atoms with E-state index in [1.807, 2.05) is 28.5 Å². The first kappa shape index (κ1) is 11.5. The van der Waals surface area contributed by atoms with Crippen LogP contribution in [0.1, 0.15) is 27.6 Å². The van der Waals surface area contributed by atoms with Gasteiger partial charge in [-0.25, -0.2) is 0 Å². The van der Waals surface area contributed by atoms with E-state index in [0.717, 1.165) is 24.4 Å². The van der Waals surface area contributed by atoms with Gasteiger partial charge < -0.3 is 4.90 Å².